The standard InChI is InChI=1S/C22H29FN4O3/c1-15(2)26-19(14-21(29)27(16(3)4)22(26)30)24-9-11-25(12-10-24)20(28)13-17-5-7-18(23)8-6-17/h5-8,14-16H,9-13H2,1-4H3. The third kappa shape index (κ3) is 4.47. The second kappa shape index (κ2) is 8.85. The van der Waals surface area contributed by atoms with E-state index in [9.17, 15) is 18.8 Å². The molecule has 0 saturated carbocycles. The zero-order valence-corrected chi connectivity index (χ0v) is 18.0. The highest BCUT2D eigenvalue weighted by Crippen LogP contribution is 2.18. The first-order valence-corrected chi connectivity index (χ1v) is 10.3. The van der Waals surface area contributed by atoms with Gasteiger partial charge in [-0.05, 0) is 45.4 Å². The first-order valence-electron chi connectivity index (χ1n) is 10.3. The van der Waals surface area contributed by atoms with E-state index in [0.29, 0.717) is 32.0 Å². The molecule has 3 rings (SSSR count). The van der Waals surface area contributed by atoms with E-state index in [1.54, 1.807) is 21.6 Å². The first kappa shape index (κ1) is 21.8. The summed E-state index contributed by atoms with van der Waals surface area (Å²) in [4.78, 5) is 41.9. The molecule has 8 heteroatoms. The van der Waals surface area contributed by atoms with Gasteiger partial charge < -0.3 is 9.80 Å². The molecule has 1 aliphatic heterocycles. The van der Waals surface area contributed by atoms with Gasteiger partial charge in [-0.2, -0.15) is 0 Å². The Morgan fingerprint density at radius 1 is 0.933 bits per heavy atom. The molecule has 1 aromatic heterocycles. The second-order valence-corrected chi connectivity index (χ2v) is 8.22. The minimum atomic E-state index is -0.324. The van der Waals surface area contributed by atoms with Gasteiger partial charge in [0.05, 0.1) is 6.42 Å². The minimum Gasteiger partial charge on any atom is -0.354 e. The molecule has 1 aromatic carbocycles. The van der Waals surface area contributed by atoms with Gasteiger partial charge in [-0.3, -0.25) is 18.7 Å². The van der Waals surface area contributed by atoms with Crippen molar-refractivity contribution in [3.63, 3.8) is 0 Å². The van der Waals surface area contributed by atoms with E-state index in [4.69, 9.17) is 0 Å². The van der Waals surface area contributed by atoms with E-state index >= 15 is 0 Å². The van der Waals surface area contributed by atoms with E-state index in [2.05, 4.69) is 0 Å². The van der Waals surface area contributed by atoms with Crippen molar-refractivity contribution < 1.29 is 9.18 Å². The maximum atomic E-state index is 13.0. The highest BCUT2D eigenvalue weighted by Gasteiger charge is 2.25. The van der Waals surface area contributed by atoms with Gasteiger partial charge in [-0.15, -0.1) is 0 Å². The van der Waals surface area contributed by atoms with Gasteiger partial charge in [-0.1, -0.05) is 12.1 Å². The van der Waals surface area contributed by atoms with Crippen LogP contribution in [0.1, 0.15) is 45.3 Å². The molecule has 2 heterocycles. The predicted molar refractivity (Wildman–Crippen MR) is 115 cm³/mol. The number of halogens is 1. The van der Waals surface area contributed by atoms with Gasteiger partial charge in [0.2, 0.25) is 5.91 Å². The molecule has 1 fully saturated rings. The molecule has 0 spiro atoms. The molecule has 1 amide bonds. The number of carbonyl (C=O) groups excluding carboxylic acids is 1. The fraction of sp³-hybridized carbons (Fsp3) is 0.500. The second-order valence-electron chi connectivity index (χ2n) is 8.22. The van der Waals surface area contributed by atoms with Crippen molar-refractivity contribution in [2.75, 3.05) is 31.1 Å². The summed E-state index contributed by atoms with van der Waals surface area (Å²) in [6.07, 6.45) is 0.224. The summed E-state index contributed by atoms with van der Waals surface area (Å²) >= 11 is 0. The van der Waals surface area contributed by atoms with Crippen LogP contribution >= 0.6 is 0 Å². The number of anilines is 1. The zero-order chi connectivity index (χ0) is 22.0. The first-order chi connectivity index (χ1) is 14.2. The number of carbonyl (C=O) groups is 1. The third-order valence-electron chi connectivity index (χ3n) is 5.41. The highest BCUT2D eigenvalue weighted by atomic mass is 19.1. The molecule has 30 heavy (non-hydrogen) atoms. The third-order valence-corrected chi connectivity index (χ3v) is 5.41. The molecule has 0 bridgehead atoms. The zero-order valence-electron chi connectivity index (χ0n) is 18.0. The SMILES string of the molecule is CC(C)n1c(N2CCN(C(=O)Cc3ccc(F)cc3)CC2)cc(=O)n(C(C)C)c1=O. The van der Waals surface area contributed by atoms with Gasteiger partial charge in [0, 0.05) is 44.3 Å². The summed E-state index contributed by atoms with van der Waals surface area (Å²) in [6, 6.07) is 7.15. The lowest BCUT2D eigenvalue weighted by Gasteiger charge is -2.37. The normalized spacial score (nSPS) is 14.6. The van der Waals surface area contributed by atoms with Crippen molar-refractivity contribution in [2.24, 2.45) is 0 Å². The topological polar surface area (TPSA) is 67.5 Å². The Morgan fingerprint density at radius 3 is 2.03 bits per heavy atom. The summed E-state index contributed by atoms with van der Waals surface area (Å²) in [5.41, 5.74) is 0.156. The van der Waals surface area contributed by atoms with Crippen molar-refractivity contribution in [2.45, 2.75) is 46.2 Å². The molecule has 1 aliphatic rings. The Balaban J connectivity index is 1.76. The average molecular weight is 416 g/mol. The number of aromatic nitrogens is 2. The summed E-state index contributed by atoms with van der Waals surface area (Å²) in [5.74, 6) is 0.260. The van der Waals surface area contributed by atoms with Gasteiger partial charge in [-0.25, -0.2) is 9.18 Å². The lowest BCUT2D eigenvalue weighted by Crippen LogP contribution is -2.52. The number of amides is 1. The maximum Gasteiger partial charge on any atom is 0.333 e. The molecule has 0 aliphatic carbocycles. The smallest absolute Gasteiger partial charge is 0.333 e. The Labute approximate surface area is 175 Å². The number of nitrogens with zero attached hydrogens (tertiary/aromatic N) is 4. The number of benzene rings is 1. The van der Waals surface area contributed by atoms with Crippen molar-refractivity contribution in [3.8, 4) is 0 Å². The van der Waals surface area contributed by atoms with Crippen LogP contribution in [0.4, 0.5) is 10.2 Å². The lowest BCUT2D eigenvalue weighted by atomic mass is 10.1. The van der Waals surface area contributed by atoms with E-state index in [0.717, 1.165) is 5.56 Å². The summed E-state index contributed by atoms with van der Waals surface area (Å²) in [7, 11) is 0. The molecular formula is C22H29FN4O3. The van der Waals surface area contributed by atoms with Gasteiger partial charge >= 0.3 is 5.69 Å². The van der Waals surface area contributed by atoms with Crippen LogP contribution in [0.15, 0.2) is 39.9 Å². The molecule has 0 unspecified atom stereocenters. The monoisotopic (exact) mass is 416 g/mol. The van der Waals surface area contributed by atoms with Crippen LogP contribution in [0.3, 0.4) is 0 Å². The molecule has 2 aromatic rings. The highest BCUT2D eigenvalue weighted by molar-refractivity contribution is 5.79. The van der Waals surface area contributed by atoms with Crippen LogP contribution in [0.5, 0.6) is 0 Å². The van der Waals surface area contributed by atoms with Crippen molar-refractivity contribution >= 4 is 11.7 Å². The maximum absolute atomic E-state index is 13.0. The summed E-state index contributed by atoms with van der Waals surface area (Å²) < 4.78 is 16.0. The molecule has 162 valence electrons. The van der Waals surface area contributed by atoms with E-state index in [-0.39, 0.29) is 41.5 Å². The molecule has 1 saturated heterocycles. The number of piperazine rings is 1. The van der Waals surface area contributed by atoms with E-state index < -0.39 is 0 Å². The van der Waals surface area contributed by atoms with Crippen LogP contribution in [0.25, 0.3) is 0 Å². The Morgan fingerprint density at radius 2 is 1.50 bits per heavy atom. The van der Waals surface area contributed by atoms with E-state index in [1.165, 1.54) is 22.8 Å². The largest absolute Gasteiger partial charge is 0.354 e. The Hall–Kier alpha value is -2.90. The lowest BCUT2D eigenvalue weighted by molar-refractivity contribution is -0.130. The quantitative estimate of drug-likeness (QED) is 0.750. The fourth-order valence-electron chi connectivity index (χ4n) is 3.84. The number of rotatable bonds is 5. The molecule has 0 N–H and O–H groups in total. The molecule has 7 nitrogen and oxygen atoms in total. The van der Waals surface area contributed by atoms with Crippen LogP contribution in [0, 0.1) is 5.82 Å². The fourth-order valence-corrected chi connectivity index (χ4v) is 3.84. The molecular weight excluding hydrogens is 387 g/mol. The van der Waals surface area contributed by atoms with Crippen LogP contribution in [0.2, 0.25) is 0 Å². The minimum absolute atomic E-state index is 0.0160. The number of hydrogen-bond donors (Lipinski definition) is 0. The number of hydrogen-bond acceptors (Lipinski definition) is 4. The summed E-state index contributed by atoms with van der Waals surface area (Å²) in [5, 5.41) is 0. The van der Waals surface area contributed by atoms with Gasteiger partial charge in [0.15, 0.2) is 0 Å². The summed E-state index contributed by atoms with van der Waals surface area (Å²) in [6.45, 7) is 9.54. The van der Waals surface area contributed by atoms with Crippen molar-refractivity contribution in [3.05, 3.63) is 62.6 Å². The van der Waals surface area contributed by atoms with Crippen LogP contribution < -0.4 is 16.1 Å². The molecule has 0 radical (unpaired) electrons. The van der Waals surface area contributed by atoms with Crippen LogP contribution in [-0.2, 0) is 11.2 Å². The van der Waals surface area contributed by atoms with Gasteiger partial charge in [0.1, 0.15) is 11.6 Å². The van der Waals surface area contributed by atoms with E-state index in [1.807, 2.05) is 32.6 Å². The Kier molecular flexibility index (Phi) is 6.43. The van der Waals surface area contributed by atoms with Crippen molar-refractivity contribution in [1.29, 1.82) is 0 Å². The molecule has 0 atom stereocenters. The van der Waals surface area contributed by atoms with Crippen LogP contribution in [-0.4, -0.2) is 46.1 Å². The van der Waals surface area contributed by atoms with Gasteiger partial charge in [0.25, 0.3) is 5.56 Å². The van der Waals surface area contributed by atoms with Crippen molar-refractivity contribution in [1.82, 2.24) is 14.0 Å². The average Bonchev–Trinajstić information content (AvgIpc) is 2.68. The Bertz CT molecular complexity index is 1020. The predicted octanol–water partition coefficient (Wildman–Crippen LogP) is 2.20.